The summed E-state index contributed by atoms with van der Waals surface area (Å²) in [7, 11) is 1.79. The highest BCUT2D eigenvalue weighted by molar-refractivity contribution is 6.06. The maximum Gasteiger partial charge on any atom is 0.330 e. The molecule has 1 amide bonds. The number of amides is 1. The van der Waals surface area contributed by atoms with E-state index in [1.54, 1.807) is 17.8 Å². The van der Waals surface area contributed by atoms with Crippen molar-refractivity contribution >= 4 is 28.7 Å². The molecule has 3 aliphatic rings. The quantitative estimate of drug-likeness (QED) is 0.661. The van der Waals surface area contributed by atoms with Gasteiger partial charge in [0.2, 0.25) is 11.9 Å². The van der Waals surface area contributed by atoms with Gasteiger partial charge >= 0.3 is 5.69 Å². The number of carbonyl (C=O) groups is 1. The van der Waals surface area contributed by atoms with Gasteiger partial charge in [0.25, 0.3) is 0 Å². The van der Waals surface area contributed by atoms with Crippen molar-refractivity contribution in [3.05, 3.63) is 46.5 Å². The van der Waals surface area contributed by atoms with Gasteiger partial charge in [-0.15, -0.1) is 0 Å². The molecule has 0 bridgehead atoms. The maximum absolute atomic E-state index is 12.9. The van der Waals surface area contributed by atoms with Crippen molar-refractivity contribution in [1.82, 2.24) is 19.1 Å². The van der Waals surface area contributed by atoms with Crippen LogP contribution in [0.1, 0.15) is 63.0 Å². The molecule has 2 aromatic heterocycles. The lowest BCUT2D eigenvalue weighted by atomic mass is 9.69. The highest BCUT2D eigenvalue weighted by atomic mass is 16.2. The van der Waals surface area contributed by atoms with Gasteiger partial charge < -0.3 is 10.6 Å². The van der Waals surface area contributed by atoms with Crippen molar-refractivity contribution in [1.29, 1.82) is 0 Å². The van der Waals surface area contributed by atoms with E-state index in [1.807, 2.05) is 22.8 Å². The number of fused-ring (bicyclic) bond motifs is 3. The highest BCUT2D eigenvalue weighted by Gasteiger charge is 2.48. The predicted octanol–water partition coefficient (Wildman–Crippen LogP) is 3.49. The van der Waals surface area contributed by atoms with Crippen LogP contribution < -0.4 is 16.3 Å². The zero-order chi connectivity index (χ0) is 21.9. The predicted molar refractivity (Wildman–Crippen MR) is 123 cm³/mol. The third kappa shape index (κ3) is 2.81. The molecule has 1 aromatic carbocycles. The molecule has 3 heterocycles. The van der Waals surface area contributed by atoms with Gasteiger partial charge in [0.15, 0.2) is 5.65 Å². The van der Waals surface area contributed by atoms with Crippen molar-refractivity contribution in [2.24, 2.45) is 7.05 Å². The first kappa shape index (κ1) is 19.5. The SMILES string of the molecule is Cn1c(=O)n(C2CCCC2)c2nc(NC3CCC4(CC3)C(=O)Nc3ccccc34)ncc21. The Hall–Kier alpha value is -3.16. The standard InChI is InChI=1S/C24H28N6O2/c1-29-19-14-25-22(28-20(19)30(23(29)32)16-6-2-3-7-16)26-15-10-12-24(13-11-15)17-8-4-5-9-18(17)27-21(24)31/h4-5,8-9,14-16H,2-3,6-7,10-13H2,1H3,(H,27,31)(H,25,26,28). The lowest BCUT2D eigenvalue weighted by molar-refractivity contribution is -0.122. The number of benzene rings is 1. The van der Waals surface area contributed by atoms with Gasteiger partial charge in [0, 0.05) is 24.8 Å². The zero-order valence-electron chi connectivity index (χ0n) is 18.3. The molecule has 8 nitrogen and oxygen atoms in total. The molecule has 166 valence electrons. The summed E-state index contributed by atoms with van der Waals surface area (Å²) in [5.41, 5.74) is 3.15. The number of carbonyl (C=O) groups excluding carboxylic acids is 1. The van der Waals surface area contributed by atoms with E-state index in [-0.39, 0.29) is 23.7 Å². The topological polar surface area (TPSA) is 93.8 Å². The second kappa shape index (κ2) is 7.18. The number of para-hydroxylation sites is 1. The van der Waals surface area contributed by atoms with Crippen LogP contribution in [-0.2, 0) is 17.3 Å². The zero-order valence-corrected chi connectivity index (χ0v) is 18.3. The minimum absolute atomic E-state index is 0.0103. The monoisotopic (exact) mass is 432 g/mol. The molecule has 1 spiro atoms. The van der Waals surface area contributed by atoms with Gasteiger partial charge in [0.1, 0.15) is 5.52 Å². The first-order valence-electron chi connectivity index (χ1n) is 11.7. The number of aromatic nitrogens is 4. The Morgan fingerprint density at radius 2 is 1.84 bits per heavy atom. The Morgan fingerprint density at radius 3 is 2.62 bits per heavy atom. The molecule has 3 aromatic rings. The summed E-state index contributed by atoms with van der Waals surface area (Å²) in [6.07, 6.45) is 9.46. The molecule has 6 rings (SSSR count). The molecule has 2 saturated carbocycles. The minimum Gasteiger partial charge on any atom is -0.351 e. The van der Waals surface area contributed by atoms with Crippen molar-refractivity contribution in [3.8, 4) is 0 Å². The molecule has 0 saturated heterocycles. The molecule has 1 aliphatic heterocycles. The summed E-state index contributed by atoms with van der Waals surface area (Å²) in [6.45, 7) is 0. The number of aryl methyl sites for hydroxylation is 1. The van der Waals surface area contributed by atoms with Crippen molar-refractivity contribution in [2.75, 3.05) is 10.6 Å². The van der Waals surface area contributed by atoms with Crippen LogP contribution in [0.15, 0.2) is 35.3 Å². The van der Waals surface area contributed by atoms with Crippen LogP contribution in [-0.4, -0.2) is 31.1 Å². The third-order valence-electron chi connectivity index (χ3n) is 7.82. The van der Waals surface area contributed by atoms with E-state index >= 15 is 0 Å². The molecule has 2 N–H and O–H groups in total. The molecule has 0 unspecified atom stereocenters. The Bertz CT molecular complexity index is 1260. The first-order valence-corrected chi connectivity index (χ1v) is 11.7. The number of hydrogen-bond acceptors (Lipinski definition) is 5. The molecule has 8 heteroatoms. The largest absolute Gasteiger partial charge is 0.351 e. The molecular weight excluding hydrogens is 404 g/mol. The summed E-state index contributed by atoms with van der Waals surface area (Å²) in [5.74, 6) is 0.687. The van der Waals surface area contributed by atoms with Crippen LogP contribution in [0.25, 0.3) is 11.2 Å². The molecule has 2 aliphatic carbocycles. The fourth-order valence-electron chi connectivity index (χ4n) is 6.00. The van der Waals surface area contributed by atoms with Crippen LogP contribution in [0.2, 0.25) is 0 Å². The lowest BCUT2D eigenvalue weighted by Gasteiger charge is -2.36. The average molecular weight is 433 g/mol. The average Bonchev–Trinajstić information content (AvgIpc) is 3.48. The van der Waals surface area contributed by atoms with E-state index in [4.69, 9.17) is 4.98 Å². The molecule has 2 fully saturated rings. The molecule has 32 heavy (non-hydrogen) atoms. The number of anilines is 2. The van der Waals surface area contributed by atoms with Gasteiger partial charge in [-0.3, -0.25) is 13.9 Å². The minimum atomic E-state index is -0.415. The van der Waals surface area contributed by atoms with E-state index in [0.717, 1.165) is 73.8 Å². The van der Waals surface area contributed by atoms with Crippen LogP contribution in [0.3, 0.4) is 0 Å². The number of rotatable bonds is 3. The van der Waals surface area contributed by atoms with E-state index < -0.39 is 5.41 Å². The third-order valence-corrected chi connectivity index (χ3v) is 7.82. The van der Waals surface area contributed by atoms with Crippen LogP contribution in [0.5, 0.6) is 0 Å². The molecule has 0 radical (unpaired) electrons. The van der Waals surface area contributed by atoms with Gasteiger partial charge in [-0.1, -0.05) is 31.0 Å². The second-order valence-electron chi connectivity index (χ2n) is 9.55. The van der Waals surface area contributed by atoms with E-state index in [9.17, 15) is 9.59 Å². The van der Waals surface area contributed by atoms with Gasteiger partial charge in [-0.05, 0) is 50.2 Å². The van der Waals surface area contributed by atoms with Gasteiger partial charge in [-0.25, -0.2) is 9.78 Å². The number of nitrogens with one attached hydrogen (secondary N) is 2. The fourth-order valence-corrected chi connectivity index (χ4v) is 6.00. The van der Waals surface area contributed by atoms with Crippen molar-refractivity contribution < 1.29 is 4.79 Å². The normalized spacial score (nSPS) is 25.4. The summed E-state index contributed by atoms with van der Waals surface area (Å²) in [6, 6.07) is 8.47. The lowest BCUT2D eigenvalue weighted by Crippen LogP contribution is -2.41. The first-order chi connectivity index (χ1) is 15.6. The summed E-state index contributed by atoms with van der Waals surface area (Å²) >= 11 is 0. The maximum atomic E-state index is 12.9. The summed E-state index contributed by atoms with van der Waals surface area (Å²) < 4.78 is 3.52. The molecule has 0 atom stereocenters. The van der Waals surface area contributed by atoms with Gasteiger partial charge in [-0.2, -0.15) is 4.98 Å². The van der Waals surface area contributed by atoms with Gasteiger partial charge in [0.05, 0.1) is 11.6 Å². The van der Waals surface area contributed by atoms with E-state index in [1.165, 1.54) is 0 Å². The van der Waals surface area contributed by atoms with Crippen LogP contribution >= 0.6 is 0 Å². The van der Waals surface area contributed by atoms with Crippen molar-refractivity contribution in [3.63, 3.8) is 0 Å². The Kier molecular flexibility index (Phi) is 4.38. The number of hydrogen-bond donors (Lipinski definition) is 2. The number of imidazole rings is 1. The number of nitrogens with zero attached hydrogens (tertiary/aromatic N) is 4. The smallest absolute Gasteiger partial charge is 0.330 e. The Morgan fingerprint density at radius 1 is 1.09 bits per heavy atom. The highest BCUT2D eigenvalue weighted by Crippen LogP contribution is 2.47. The molecular formula is C24H28N6O2. The van der Waals surface area contributed by atoms with Crippen LogP contribution in [0.4, 0.5) is 11.6 Å². The fraction of sp³-hybridized carbons (Fsp3) is 0.500. The Balaban J connectivity index is 1.24. The second-order valence-corrected chi connectivity index (χ2v) is 9.55. The van der Waals surface area contributed by atoms with E-state index in [0.29, 0.717) is 5.95 Å². The summed E-state index contributed by atoms with van der Waals surface area (Å²) in [4.78, 5) is 35.0. The summed E-state index contributed by atoms with van der Waals surface area (Å²) in [5, 5.41) is 6.55. The van der Waals surface area contributed by atoms with Crippen LogP contribution in [0, 0.1) is 0 Å². The Labute approximate surface area is 186 Å². The van der Waals surface area contributed by atoms with Crippen molar-refractivity contribution in [2.45, 2.75) is 68.9 Å². The van der Waals surface area contributed by atoms with E-state index in [2.05, 4.69) is 21.7 Å².